The summed E-state index contributed by atoms with van der Waals surface area (Å²) in [6, 6.07) is 6.06. The van der Waals surface area contributed by atoms with Crippen molar-refractivity contribution in [3.63, 3.8) is 0 Å². The highest BCUT2D eigenvalue weighted by atomic mass is 19.4. The van der Waals surface area contributed by atoms with Crippen LogP contribution in [0.25, 0.3) is 11.4 Å². The zero-order valence-electron chi connectivity index (χ0n) is 12.5. The molecule has 0 atom stereocenters. The molecule has 1 heterocycles. The molecule has 0 spiro atoms. The van der Waals surface area contributed by atoms with Crippen LogP contribution in [-0.2, 0) is 6.18 Å². The van der Waals surface area contributed by atoms with Crippen LogP contribution >= 0.6 is 0 Å². The molecule has 0 unspecified atom stereocenters. The fourth-order valence-corrected chi connectivity index (χ4v) is 2.33. The van der Waals surface area contributed by atoms with Gasteiger partial charge in [-0.15, -0.1) is 0 Å². The average Bonchev–Trinajstić information content (AvgIpc) is 3.26. The second-order valence-electron chi connectivity index (χ2n) is 5.45. The topological polar surface area (TPSA) is 79.5 Å². The van der Waals surface area contributed by atoms with Crippen molar-refractivity contribution in [2.24, 2.45) is 0 Å². The third-order valence-electron chi connectivity index (χ3n) is 3.65. The van der Waals surface area contributed by atoms with Crippen LogP contribution in [0.15, 0.2) is 28.8 Å². The van der Waals surface area contributed by atoms with Crippen LogP contribution < -0.4 is 0 Å². The molecule has 0 bridgehead atoms. The van der Waals surface area contributed by atoms with Gasteiger partial charge in [-0.2, -0.15) is 18.2 Å². The number of hydrogen-bond acceptors (Lipinski definition) is 5. The van der Waals surface area contributed by atoms with Gasteiger partial charge < -0.3 is 14.5 Å². The van der Waals surface area contributed by atoms with E-state index >= 15 is 0 Å². The van der Waals surface area contributed by atoms with Gasteiger partial charge in [-0.25, -0.2) is 0 Å². The molecule has 1 fully saturated rings. The zero-order valence-corrected chi connectivity index (χ0v) is 12.5. The van der Waals surface area contributed by atoms with E-state index < -0.39 is 12.1 Å². The van der Waals surface area contributed by atoms with Crippen molar-refractivity contribution in [2.45, 2.75) is 25.1 Å². The highest BCUT2D eigenvalue weighted by Gasteiger charge is 2.38. The SMILES string of the molecule is O=C(c1ccc(-c2noc(C(F)(F)F)n2)cc1)N(CCO)C1CC1. The lowest BCUT2D eigenvalue weighted by Crippen LogP contribution is -2.35. The van der Waals surface area contributed by atoms with Gasteiger partial charge in [0.25, 0.3) is 5.91 Å². The molecule has 0 saturated heterocycles. The van der Waals surface area contributed by atoms with Crippen molar-refractivity contribution in [2.75, 3.05) is 13.2 Å². The highest BCUT2D eigenvalue weighted by molar-refractivity contribution is 5.95. The van der Waals surface area contributed by atoms with E-state index in [9.17, 15) is 18.0 Å². The average molecular weight is 341 g/mol. The standard InChI is InChI=1S/C15H14F3N3O3/c16-15(17,18)14-19-12(20-24-14)9-1-3-10(4-2-9)13(23)21(7-8-22)11-5-6-11/h1-4,11,22H,5-8H2. The Morgan fingerprint density at radius 2 is 1.96 bits per heavy atom. The number of hydrogen-bond donors (Lipinski definition) is 1. The summed E-state index contributed by atoms with van der Waals surface area (Å²) in [5, 5.41) is 12.4. The predicted molar refractivity (Wildman–Crippen MR) is 75.9 cm³/mol. The Kier molecular flexibility index (Phi) is 4.27. The molecule has 3 rings (SSSR count). The van der Waals surface area contributed by atoms with E-state index in [1.54, 1.807) is 4.90 Å². The normalized spacial score (nSPS) is 14.7. The first-order valence-corrected chi connectivity index (χ1v) is 7.33. The van der Waals surface area contributed by atoms with Gasteiger partial charge in [0.2, 0.25) is 5.82 Å². The van der Waals surface area contributed by atoms with E-state index in [0.29, 0.717) is 11.1 Å². The third-order valence-corrected chi connectivity index (χ3v) is 3.65. The minimum absolute atomic E-state index is 0.122. The molecule has 6 nitrogen and oxygen atoms in total. The summed E-state index contributed by atoms with van der Waals surface area (Å²) in [6.07, 6.45) is -2.88. The Bertz CT molecular complexity index is 724. The maximum absolute atomic E-state index is 12.5. The van der Waals surface area contributed by atoms with E-state index in [2.05, 4.69) is 14.7 Å². The molecule has 0 aliphatic heterocycles. The predicted octanol–water partition coefficient (Wildman–Crippen LogP) is 2.35. The summed E-state index contributed by atoms with van der Waals surface area (Å²) >= 11 is 0. The smallest absolute Gasteiger partial charge is 0.395 e. The molecule has 1 aliphatic rings. The van der Waals surface area contributed by atoms with Crippen molar-refractivity contribution in [1.29, 1.82) is 0 Å². The first-order chi connectivity index (χ1) is 11.4. The van der Waals surface area contributed by atoms with Crippen LogP contribution in [0, 0.1) is 0 Å². The van der Waals surface area contributed by atoms with Crippen LogP contribution in [0.5, 0.6) is 0 Å². The number of nitrogens with zero attached hydrogens (tertiary/aromatic N) is 3. The number of carbonyl (C=O) groups is 1. The van der Waals surface area contributed by atoms with Crippen LogP contribution in [0.1, 0.15) is 29.1 Å². The van der Waals surface area contributed by atoms with Gasteiger partial charge in [-0.1, -0.05) is 17.3 Å². The highest BCUT2D eigenvalue weighted by Crippen LogP contribution is 2.30. The van der Waals surface area contributed by atoms with Gasteiger partial charge in [0.1, 0.15) is 0 Å². The van der Waals surface area contributed by atoms with Gasteiger partial charge >= 0.3 is 12.1 Å². The molecule has 1 aromatic carbocycles. The fraction of sp³-hybridized carbons (Fsp3) is 0.400. The number of carbonyl (C=O) groups excluding carboxylic acids is 1. The summed E-state index contributed by atoms with van der Waals surface area (Å²) in [6.45, 7) is 0.133. The summed E-state index contributed by atoms with van der Waals surface area (Å²) in [5.74, 6) is -1.83. The Morgan fingerprint density at radius 1 is 1.29 bits per heavy atom. The Hall–Kier alpha value is -2.42. The molecule has 1 amide bonds. The molecular weight excluding hydrogens is 327 g/mol. The summed E-state index contributed by atoms with van der Waals surface area (Å²) in [5.41, 5.74) is 0.699. The van der Waals surface area contributed by atoms with E-state index in [1.165, 1.54) is 24.3 Å². The van der Waals surface area contributed by atoms with Crippen LogP contribution in [0.3, 0.4) is 0 Å². The molecule has 9 heteroatoms. The van der Waals surface area contributed by atoms with E-state index in [4.69, 9.17) is 5.11 Å². The second kappa shape index (κ2) is 6.23. The lowest BCUT2D eigenvalue weighted by Gasteiger charge is -2.21. The molecule has 2 aromatic rings. The summed E-state index contributed by atoms with van der Waals surface area (Å²) < 4.78 is 41.6. The van der Waals surface area contributed by atoms with Gasteiger partial charge in [0.05, 0.1) is 6.61 Å². The maximum Gasteiger partial charge on any atom is 0.471 e. The molecule has 0 radical (unpaired) electrons. The number of benzene rings is 1. The third kappa shape index (κ3) is 3.40. The minimum Gasteiger partial charge on any atom is -0.395 e. The monoisotopic (exact) mass is 341 g/mol. The molecule has 128 valence electrons. The number of aromatic nitrogens is 2. The Balaban J connectivity index is 1.77. The van der Waals surface area contributed by atoms with Gasteiger partial charge in [0.15, 0.2) is 0 Å². The van der Waals surface area contributed by atoms with Crippen molar-refractivity contribution < 1.29 is 27.6 Å². The molecule has 24 heavy (non-hydrogen) atoms. The van der Waals surface area contributed by atoms with Crippen molar-refractivity contribution in [3.8, 4) is 11.4 Å². The van der Waals surface area contributed by atoms with Crippen molar-refractivity contribution >= 4 is 5.91 Å². The van der Waals surface area contributed by atoms with Crippen molar-refractivity contribution in [3.05, 3.63) is 35.7 Å². The van der Waals surface area contributed by atoms with Crippen LogP contribution in [0.4, 0.5) is 13.2 Å². The fourth-order valence-electron chi connectivity index (χ4n) is 2.33. The van der Waals surface area contributed by atoms with E-state index in [1.807, 2.05) is 0 Å². The van der Waals surface area contributed by atoms with Gasteiger partial charge in [0, 0.05) is 23.7 Å². The Labute approximate surface area is 134 Å². The number of halogens is 3. The summed E-state index contributed by atoms with van der Waals surface area (Å²) in [7, 11) is 0. The van der Waals surface area contributed by atoms with Gasteiger partial charge in [-0.3, -0.25) is 4.79 Å². The second-order valence-corrected chi connectivity index (χ2v) is 5.45. The largest absolute Gasteiger partial charge is 0.471 e. The minimum atomic E-state index is -4.70. The first kappa shape index (κ1) is 16.4. The number of aliphatic hydroxyl groups is 1. The first-order valence-electron chi connectivity index (χ1n) is 7.33. The quantitative estimate of drug-likeness (QED) is 0.903. The van der Waals surface area contributed by atoms with Crippen LogP contribution in [0.2, 0.25) is 0 Å². The molecule has 1 saturated carbocycles. The Morgan fingerprint density at radius 3 is 2.46 bits per heavy atom. The summed E-state index contributed by atoms with van der Waals surface area (Å²) in [4.78, 5) is 17.3. The lowest BCUT2D eigenvalue weighted by atomic mass is 10.1. The van der Waals surface area contributed by atoms with E-state index in [-0.39, 0.29) is 30.9 Å². The number of alkyl halides is 3. The number of aliphatic hydroxyl groups excluding tert-OH is 1. The number of rotatable bonds is 5. The van der Waals surface area contributed by atoms with E-state index in [0.717, 1.165) is 12.8 Å². The lowest BCUT2D eigenvalue weighted by molar-refractivity contribution is -0.159. The molecule has 1 aromatic heterocycles. The van der Waals surface area contributed by atoms with Gasteiger partial charge in [-0.05, 0) is 25.0 Å². The molecule has 1 aliphatic carbocycles. The molecule has 1 N–H and O–H groups in total. The van der Waals surface area contributed by atoms with Crippen molar-refractivity contribution in [1.82, 2.24) is 15.0 Å². The maximum atomic E-state index is 12.5. The van der Waals surface area contributed by atoms with Crippen LogP contribution in [-0.4, -0.2) is 45.2 Å². The molecular formula is C15H14F3N3O3. The zero-order chi connectivity index (χ0) is 17.3. The number of amides is 1.